The number of para-hydroxylation sites is 1. The molecule has 6 nitrogen and oxygen atoms in total. The smallest absolute Gasteiger partial charge is 0.234 e. The lowest BCUT2D eigenvalue weighted by Crippen LogP contribution is -2.15. The SMILES string of the molecule is Cc1ccccc1NC(=O)CSc1nnc(C(C)Oc2ccc(Br)cc2)n1C. The lowest BCUT2D eigenvalue weighted by atomic mass is 10.2. The van der Waals surface area contributed by atoms with Crippen molar-refractivity contribution >= 4 is 39.3 Å². The van der Waals surface area contributed by atoms with Gasteiger partial charge in [-0.05, 0) is 49.7 Å². The summed E-state index contributed by atoms with van der Waals surface area (Å²) in [5.41, 5.74) is 1.85. The van der Waals surface area contributed by atoms with E-state index in [-0.39, 0.29) is 17.8 Å². The first-order valence-corrected chi connectivity index (χ1v) is 10.5. The van der Waals surface area contributed by atoms with Crippen molar-refractivity contribution in [3.8, 4) is 5.75 Å². The topological polar surface area (TPSA) is 69.0 Å². The summed E-state index contributed by atoms with van der Waals surface area (Å²) in [6, 6.07) is 15.3. The van der Waals surface area contributed by atoms with E-state index in [9.17, 15) is 4.79 Å². The van der Waals surface area contributed by atoms with Crippen molar-refractivity contribution in [2.24, 2.45) is 7.05 Å². The van der Waals surface area contributed by atoms with Gasteiger partial charge < -0.3 is 14.6 Å². The van der Waals surface area contributed by atoms with Gasteiger partial charge in [-0.3, -0.25) is 4.79 Å². The molecule has 1 heterocycles. The molecule has 3 aromatic rings. The largest absolute Gasteiger partial charge is 0.483 e. The van der Waals surface area contributed by atoms with E-state index in [2.05, 4.69) is 31.4 Å². The van der Waals surface area contributed by atoms with Crippen molar-refractivity contribution in [1.29, 1.82) is 0 Å². The van der Waals surface area contributed by atoms with E-state index in [1.807, 2.05) is 74.0 Å². The minimum absolute atomic E-state index is 0.0805. The van der Waals surface area contributed by atoms with E-state index < -0.39 is 0 Å². The van der Waals surface area contributed by atoms with Crippen LogP contribution in [0.3, 0.4) is 0 Å². The summed E-state index contributed by atoms with van der Waals surface area (Å²) in [7, 11) is 1.87. The molecule has 2 aromatic carbocycles. The Kier molecular flexibility index (Phi) is 6.74. The summed E-state index contributed by atoms with van der Waals surface area (Å²) in [6.45, 7) is 3.88. The molecule has 0 saturated carbocycles. The predicted octanol–water partition coefficient (Wildman–Crippen LogP) is 4.76. The molecule has 0 fully saturated rings. The van der Waals surface area contributed by atoms with Crippen LogP contribution in [-0.2, 0) is 11.8 Å². The molecule has 3 rings (SSSR count). The minimum atomic E-state index is -0.270. The zero-order valence-electron chi connectivity index (χ0n) is 15.8. The van der Waals surface area contributed by atoms with Crippen LogP contribution in [0.5, 0.6) is 5.75 Å². The molecule has 28 heavy (non-hydrogen) atoms. The summed E-state index contributed by atoms with van der Waals surface area (Å²) >= 11 is 4.75. The maximum absolute atomic E-state index is 12.2. The minimum Gasteiger partial charge on any atom is -0.483 e. The Hall–Kier alpha value is -2.32. The van der Waals surface area contributed by atoms with Gasteiger partial charge >= 0.3 is 0 Å². The van der Waals surface area contributed by atoms with Crippen molar-refractivity contribution in [3.63, 3.8) is 0 Å². The third-order valence-corrected chi connectivity index (χ3v) is 5.66. The average Bonchev–Trinajstić information content (AvgIpc) is 3.04. The van der Waals surface area contributed by atoms with Crippen LogP contribution in [0.1, 0.15) is 24.4 Å². The van der Waals surface area contributed by atoms with Gasteiger partial charge in [-0.2, -0.15) is 0 Å². The van der Waals surface area contributed by atoms with E-state index in [1.54, 1.807) is 0 Å². The molecule has 1 unspecified atom stereocenters. The molecule has 0 radical (unpaired) electrons. The van der Waals surface area contributed by atoms with Gasteiger partial charge in [0.2, 0.25) is 5.91 Å². The molecule has 0 spiro atoms. The fourth-order valence-corrected chi connectivity index (χ4v) is 3.59. The number of benzene rings is 2. The molecular formula is C20H21BrN4O2S. The molecule has 8 heteroatoms. The Balaban J connectivity index is 1.58. The van der Waals surface area contributed by atoms with E-state index >= 15 is 0 Å². The van der Waals surface area contributed by atoms with Crippen LogP contribution < -0.4 is 10.1 Å². The van der Waals surface area contributed by atoms with Gasteiger partial charge in [0.1, 0.15) is 5.75 Å². The second-order valence-corrected chi connectivity index (χ2v) is 8.12. The molecule has 1 N–H and O–H groups in total. The number of hydrogen-bond donors (Lipinski definition) is 1. The lowest BCUT2D eigenvalue weighted by molar-refractivity contribution is -0.113. The van der Waals surface area contributed by atoms with Crippen molar-refractivity contribution in [2.75, 3.05) is 11.1 Å². The fraction of sp³-hybridized carbons (Fsp3) is 0.250. The van der Waals surface area contributed by atoms with E-state index in [4.69, 9.17) is 4.74 Å². The number of ether oxygens (including phenoxy) is 1. The monoisotopic (exact) mass is 460 g/mol. The highest BCUT2D eigenvalue weighted by atomic mass is 79.9. The number of nitrogens with zero attached hydrogens (tertiary/aromatic N) is 3. The van der Waals surface area contributed by atoms with Crippen molar-refractivity contribution in [2.45, 2.75) is 25.1 Å². The second-order valence-electron chi connectivity index (χ2n) is 6.27. The van der Waals surface area contributed by atoms with Crippen LogP contribution in [0.15, 0.2) is 58.2 Å². The number of hydrogen-bond acceptors (Lipinski definition) is 5. The number of aryl methyl sites for hydroxylation is 1. The van der Waals surface area contributed by atoms with Gasteiger partial charge in [0.15, 0.2) is 17.1 Å². The Bertz CT molecular complexity index is 959. The Morgan fingerprint density at radius 1 is 1.21 bits per heavy atom. The number of carbonyl (C=O) groups excluding carboxylic acids is 1. The molecular weight excluding hydrogens is 440 g/mol. The first-order chi connectivity index (χ1) is 13.4. The molecule has 1 aromatic heterocycles. The maximum atomic E-state index is 12.2. The summed E-state index contributed by atoms with van der Waals surface area (Å²) in [4.78, 5) is 12.2. The number of amides is 1. The molecule has 146 valence electrons. The van der Waals surface area contributed by atoms with Crippen LogP contribution in [0.4, 0.5) is 5.69 Å². The first kappa shape index (κ1) is 20.4. The van der Waals surface area contributed by atoms with Gasteiger partial charge in [0.25, 0.3) is 0 Å². The molecule has 0 saturated heterocycles. The van der Waals surface area contributed by atoms with Crippen LogP contribution in [0, 0.1) is 6.92 Å². The lowest BCUT2D eigenvalue weighted by Gasteiger charge is -2.14. The normalized spacial score (nSPS) is 11.9. The Morgan fingerprint density at radius 2 is 1.93 bits per heavy atom. The van der Waals surface area contributed by atoms with Crippen molar-refractivity contribution in [1.82, 2.24) is 14.8 Å². The number of nitrogens with one attached hydrogen (secondary N) is 1. The number of thioether (sulfide) groups is 1. The highest BCUT2D eigenvalue weighted by Gasteiger charge is 2.18. The van der Waals surface area contributed by atoms with Gasteiger partial charge in [-0.15, -0.1) is 10.2 Å². The molecule has 0 aliphatic rings. The third kappa shape index (κ3) is 5.14. The molecule has 1 atom stereocenters. The standard InChI is InChI=1S/C20H21BrN4O2S/c1-13-6-4-5-7-17(13)22-18(26)12-28-20-24-23-19(25(20)3)14(2)27-16-10-8-15(21)9-11-16/h4-11,14H,12H2,1-3H3,(H,22,26). The number of halogens is 1. The predicted molar refractivity (Wildman–Crippen MR) is 115 cm³/mol. The first-order valence-electron chi connectivity index (χ1n) is 8.74. The number of rotatable bonds is 7. The van der Waals surface area contributed by atoms with Gasteiger partial charge in [0, 0.05) is 17.2 Å². The highest BCUT2D eigenvalue weighted by molar-refractivity contribution is 9.10. The summed E-state index contributed by atoms with van der Waals surface area (Å²) < 4.78 is 8.79. The Morgan fingerprint density at radius 3 is 2.64 bits per heavy atom. The van der Waals surface area contributed by atoms with Gasteiger partial charge in [-0.25, -0.2) is 0 Å². The van der Waals surface area contributed by atoms with E-state index in [0.717, 1.165) is 21.5 Å². The van der Waals surface area contributed by atoms with Crippen LogP contribution in [0.2, 0.25) is 0 Å². The summed E-state index contributed by atoms with van der Waals surface area (Å²) in [5.74, 6) is 1.63. The maximum Gasteiger partial charge on any atom is 0.234 e. The number of anilines is 1. The van der Waals surface area contributed by atoms with Crippen molar-refractivity contribution < 1.29 is 9.53 Å². The summed E-state index contributed by atoms with van der Waals surface area (Å²) in [6.07, 6.45) is -0.270. The second kappa shape index (κ2) is 9.25. The van der Waals surface area contributed by atoms with Gasteiger partial charge in [0.05, 0.1) is 5.75 Å². The summed E-state index contributed by atoms with van der Waals surface area (Å²) in [5, 5.41) is 12.0. The zero-order chi connectivity index (χ0) is 20.1. The highest BCUT2D eigenvalue weighted by Crippen LogP contribution is 2.25. The van der Waals surface area contributed by atoms with Crippen LogP contribution >= 0.6 is 27.7 Å². The van der Waals surface area contributed by atoms with E-state index in [0.29, 0.717) is 11.0 Å². The number of carbonyl (C=O) groups is 1. The van der Waals surface area contributed by atoms with Crippen molar-refractivity contribution in [3.05, 3.63) is 64.4 Å². The quantitative estimate of drug-likeness (QED) is 0.514. The fourth-order valence-electron chi connectivity index (χ4n) is 2.61. The molecule has 0 aliphatic heterocycles. The molecule has 0 aliphatic carbocycles. The number of aromatic nitrogens is 3. The van der Waals surface area contributed by atoms with Gasteiger partial charge in [-0.1, -0.05) is 45.9 Å². The van der Waals surface area contributed by atoms with E-state index in [1.165, 1.54) is 11.8 Å². The average molecular weight is 461 g/mol. The molecule has 0 bridgehead atoms. The Labute approximate surface area is 176 Å². The van der Waals surface area contributed by atoms with Crippen LogP contribution in [0.25, 0.3) is 0 Å². The molecule has 1 amide bonds. The third-order valence-electron chi connectivity index (χ3n) is 4.11. The van der Waals surface area contributed by atoms with Crippen LogP contribution in [-0.4, -0.2) is 26.4 Å². The zero-order valence-corrected chi connectivity index (χ0v) is 18.3.